The van der Waals surface area contributed by atoms with Crippen LogP contribution in [-0.4, -0.2) is 24.4 Å². The number of nitrogens with zero attached hydrogens (tertiary/aromatic N) is 1. The van der Waals surface area contributed by atoms with Gasteiger partial charge in [0.1, 0.15) is 5.58 Å². The minimum atomic E-state index is -3.89. The number of furan rings is 1. The van der Waals surface area contributed by atoms with Crippen molar-refractivity contribution in [2.75, 3.05) is 10.5 Å². The molecule has 0 aliphatic carbocycles. The van der Waals surface area contributed by atoms with Gasteiger partial charge in [0.15, 0.2) is 0 Å². The van der Waals surface area contributed by atoms with E-state index in [1.54, 1.807) is 42.6 Å². The Morgan fingerprint density at radius 2 is 2.04 bits per heavy atom. The van der Waals surface area contributed by atoms with Gasteiger partial charge in [-0.05, 0) is 36.2 Å². The maximum atomic E-state index is 12.8. The van der Waals surface area contributed by atoms with E-state index in [1.807, 2.05) is 12.3 Å². The monoisotopic (exact) mass is 433 g/mol. The van der Waals surface area contributed by atoms with Gasteiger partial charge >= 0.3 is 0 Å². The molecule has 0 aliphatic heterocycles. The molecule has 0 radical (unpaired) electrons. The number of thioether (sulfide) groups is 1. The molecule has 0 unspecified atom stereocenters. The van der Waals surface area contributed by atoms with Gasteiger partial charge in [-0.25, -0.2) is 0 Å². The van der Waals surface area contributed by atoms with Crippen LogP contribution in [0.25, 0.3) is 11.0 Å². The summed E-state index contributed by atoms with van der Waals surface area (Å²) in [5.41, 5.74) is 2.03. The van der Waals surface area contributed by atoms with Crippen molar-refractivity contribution >= 4 is 50.0 Å². The molecular formula is C19H16ClN3O3S2. The summed E-state index contributed by atoms with van der Waals surface area (Å²) in [6.07, 6.45) is 4.42. The first-order chi connectivity index (χ1) is 13.5. The first-order valence-electron chi connectivity index (χ1n) is 8.43. The minimum Gasteiger partial charge on any atom is -0.443 e. The normalized spacial score (nSPS) is 11.8. The van der Waals surface area contributed by atoms with Crippen LogP contribution >= 0.6 is 23.4 Å². The maximum absolute atomic E-state index is 12.8. The zero-order valence-corrected chi connectivity index (χ0v) is 16.9. The van der Waals surface area contributed by atoms with Crippen LogP contribution in [0.15, 0.2) is 75.3 Å². The number of aromatic nitrogens is 2. The molecule has 0 amide bonds. The number of hydrogen-bond donors (Lipinski definition) is 2. The van der Waals surface area contributed by atoms with Gasteiger partial charge in [0.25, 0.3) is 10.0 Å². The third kappa shape index (κ3) is 4.19. The summed E-state index contributed by atoms with van der Waals surface area (Å²) >= 11 is 7.63. The predicted octanol–water partition coefficient (Wildman–Crippen LogP) is 4.94. The van der Waals surface area contributed by atoms with Crippen LogP contribution in [-0.2, 0) is 16.4 Å². The van der Waals surface area contributed by atoms with E-state index in [-0.39, 0.29) is 5.09 Å². The lowest BCUT2D eigenvalue weighted by atomic mass is 10.3. The number of para-hydroxylation sites is 1. The molecule has 0 atom stereocenters. The van der Waals surface area contributed by atoms with Gasteiger partial charge in [-0.3, -0.25) is 9.82 Å². The second-order valence-electron chi connectivity index (χ2n) is 6.05. The van der Waals surface area contributed by atoms with E-state index >= 15 is 0 Å². The van der Waals surface area contributed by atoms with E-state index in [4.69, 9.17) is 16.0 Å². The van der Waals surface area contributed by atoms with Crippen molar-refractivity contribution in [1.29, 1.82) is 0 Å². The van der Waals surface area contributed by atoms with Gasteiger partial charge in [-0.2, -0.15) is 13.5 Å². The Hall–Kier alpha value is -2.42. The van der Waals surface area contributed by atoms with Gasteiger partial charge in [0.2, 0.25) is 5.09 Å². The van der Waals surface area contributed by atoms with Crippen molar-refractivity contribution in [3.8, 4) is 0 Å². The van der Waals surface area contributed by atoms with Crippen molar-refractivity contribution in [3.05, 3.63) is 71.5 Å². The highest BCUT2D eigenvalue weighted by atomic mass is 35.5. The lowest BCUT2D eigenvalue weighted by molar-refractivity contribution is 0.484. The standard InChI is InChI=1S/C19H16ClN3O3S2/c20-15-5-6-18(27-8-7-13-11-21-22-12-13)16(10-15)23-28(24,25)19-9-14-3-1-2-4-17(14)26-19/h1-6,9-12,23H,7-8H2,(H,21,22). The van der Waals surface area contributed by atoms with E-state index in [9.17, 15) is 8.42 Å². The molecule has 2 aromatic heterocycles. The second kappa shape index (κ2) is 7.90. The average Bonchev–Trinajstić information content (AvgIpc) is 3.33. The Labute approximate surface area is 171 Å². The van der Waals surface area contributed by atoms with Gasteiger partial charge < -0.3 is 4.42 Å². The molecule has 0 bridgehead atoms. The number of hydrogen-bond acceptors (Lipinski definition) is 5. The molecule has 2 N–H and O–H groups in total. The van der Waals surface area contributed by atoms with Crippen molar-refractivity contribution < 1.29 is 12.8 Å². The van der Waals surface area contributed by atoms with Crippen LogP contribution in [0.2, 0.25) is 5.02 Å². The fourth-order valence-electron chi connectivity index (χ4n) is 2.69. The maximum Gasteiger partial charge on any atom is 0.295 e. The average molecular weight is 434 g/mol. The second-order valence-corrected chi connectivity index (χ2v) is 9.24. The Bertz CT molecular complexity index is 1170. The molecule has 28 heavy (non-hydrogen) atoms. The number of nitrogens with one attached hydrogen (secondary N) is 2. The van der Waals surface area contributed by atoms with Crippen LogP contribution in [0.4, 0.5) is 5.69 Å². The minimum absolute atomic E-state index is 0.136. The Morgan fingerprint density at radius 3 is 2.82 bits per heavy atom. The van der Waals surface area contributed by atoms with Crippen LogP contribution < -0.4 is 4.72 Å². The summed E-state index contributed by atoms with van der Waals surface area (Å²) in [4.78, 5) is 0.785. The van der Waals surface area contributed by atoms with Crippen molar-refractivity contribution in [2.45, 2.75) is 16.4 Å². The lowest BCUT2D eigenvalue weighted by Gasteiger charge is -2.11. The van der Waals surface area contributed by atoms with Gasteiger partial charge in [-0.15, -0.1) is 11.8 Å². The summed E-state index contributed by atoms with van der Waals surface area (Å²) in [5, 5.41) is 7.74. The molecule has 2 heterocycles. The number of aryl methyl sites for hydroxylation is 1. The number of sulfonamides is 1. The molecule has 4 rings (SSSR count). The quantitative estimate of drug-likeness (QED) is 0.403. The molecule has 0 fully saturated rings. The van der Waals surface area contributed by atoms with Crippen molar-refractivity contribution in [2.24, 2.45) is 0 Å². The predicted molar refractivity (Wildman–Crippen MR) is 111 cm³/mol. The number of aromatic amines is 1. The fourth-order valence-corrected chi connectivity index (χ4v) is 4.95. The number of H-pyrrole nitrogens is 1. The van der Waals surface area contributed by atoms with E-state index in [0.717, 1.165) is 28.0 Å². The summed E-state index contributed by atoms with van der Waals surface area (Å²) in [7, 11) is -3.89. The zero-order valence-electron chi connectivity index (χ0n) is 14.6. The molecule has 6 nitrogen and oxygen atoms in total. The number of halogens is 1. The van der Waals surface area contributed by atoms with Gasteiger partial charge in [0.05, 0.1) is 11.9 Å². The molecule has 2 aromatic carbocycles. The molecule has 9 heteroatoms. The van der Waals surface area contributed by atoms with Gasteiger partial charge in [0, 0.05) is 33.3 Å². The number of fused-ring (bicyclic) bond motifs is 1. The largest absolute Gasteiger partial charge is 0.443 e. The van der Waals surface area contributed by atoms with Crippen molar-refractivity contribution in [3.63, 3.8) is 0 Å². The third-order valence-electron chi connectivity index (χ3n) is 4.06. The summed E-state index contributed by atoms with van der Waals surface area (Å²) < 4.78 is 33.8. The van der Waals surface area contributed by atoms with E-state index < -0.39 is 10.0 Å². The first kappa shape index (κ1) is 18.9. The van der Waals surface area contributed by atoms with Crippen LogP contribution in [0.3, 0.4) is 0 Å². The zero-order chi connectivity index (χ0) is 19.6. The molecular weight excluding hydrogens is 418 g/mol. The van der Waals surface area contributed by atoms with Crippen LogP contribution in [0.1, 0.15) is 5.56 Å². The van der Waals surface area contributed by atoms with Gasteiger partial charge in [-0.1, -0.05) is 29.8 Å². The summed E-state index contributed by atoms with van der Waals surface area (Å²) in [5.74, 6) is 0.764. The SMILES string of the molecule is O=S(=O)(Nc1cc(Cl)ccc1SCCc1cn[nH]c1)c1cc2ccccc2o1. The van der Waals surface area contributed by atoms with E-state index in [1.165, 1.54) is 17.8 Å². The number of benzene rings is 2. The van der Waals surface area contributed by atoms with Crippen molar-refractivity contribution in [1.82, 2.24) is 10.2 Å². The van der Waals surface area contributed by atoms with E-state index in [0.29, 0.717) is 16.3 Å². The highest BCUT2D eigenvalue weighted by molar-refractivity contribution is 7.99. The molecule has 4 aromatic rings. The molecule has 0 spiro atoms. The van der Waals surface area contributed by atoms with Crippen LogP contribution in [0.5, 0.6) is 0 Å². The first-order valence-corrected chi connectivity index (χ1v) is 11.3. The molecule has 144 valence electrons. The molecule has 0 aliphatic rings. The Morgan fingerprint density at radius 1 is 1.18 bits per heavy atom. The smallest absolute Gasteiger partial charge is 0.295 e. The Balaban J connectivity index is 1.56. The molecule has 0 saturated heterocycles. The number of anilines is 1. The highest BCUT2D eigenvalue weighted by Gasteiger charge is 2.21. The number of rotatable bonds is 7. The molecule has 0 saturated carbocycles. The highest BCUT2D eigenvalue weighted by Crippen LogP contribution is 2.33. The topological polar surface area (TPSA) is 88.0 Å². The third-order valence-corrected chi connectivity index (χ3v) is 6.59. The van der Waals surface area contributed by atoms with E-state index in [2.05, 4.69) is 14.9 Å². The fraction of sp³-hybridized carbons (Fsp3) is 0.105. The summed E-state index contributed by atoms with van der Waals surface area (Å²) in [6.45, 7) is 0. The summed E-state index contributed by atoms with van der Waals surface area (Å²) in [6, 6.07) is 13.8. The Kier molecular flexibility index (Phi) is 5.34. The van der Waals surface area contributed by atoms with Crippen LogP contribution in [0, 0.1) is 0 Å². The lowest BCUT2D eigenvalue weighted by Crippen LogP contribution is -2.12.